The summed E-state index contributed by atoms with van der Waals surface area (Å²) in [5, 5.41) is 49.3. The number of esters is 1. The number of cyclic esters (lactones) is 1. The summed E-state index contributed by atoms with van der Waals surface area (Å²) in [4.78, 5) is 166. The Morgan fingerprint density at radius 3 is 1.68 bits per heavy atom. The van der Waals surface area contributed by atoms with Crippen LogP contribution >= 0.6 is 0 Å². The van der Waals surface area contributed by atoms with E-state index >= 15 is 0 Å². The molecule has 1 saturated heterocycles. The molecule has 0 unspecified atom stereocenters. The number of nitrogens with two attached hydrogens (primary N) is 1. The van der Waals surface area contributed by atoms with Crippen LogP contribution in [0.2, 0.25) is 0 Å². The molecule has 1 aromatic rings. The minimum Gasteiger partial charge on any atom is -0.458 e. The van der Waals surface area contributed by atoms with Gasteiger partial charge in [-0.3, -0.25) is 52.7 Å². The molecule has 2 aliphatic rings. The molecule has 11 amide bonds. The smallest absolute Gasteiger partial charge is 0.328 e. The van der Waals surface area contributed by atoms with Crippen LogP contribution in [-0.2, 0) is 68.7 Å². The number of hydrogen-bond acceptors (Lipinski definition) is 16. The molecule has 29 heteroatoms. The fourth-order valence-electron chi connectivity index (χ4n) is 10.8. The largest absolute Gasteiger partial charge is 0.458 e. The van der Waals surface area contributed by atoms with Gasteiger partial charge >= 0.3 is 5.97 Å². The van der Waals surface area contributed by atoms with Gasteiger partial charge < -0.3 is 79.2 Å². The van der Waals surface area contributed by atoms with Gasteiger partial charge in [0, 0.05) is 12.8 Å². The Morgan fingerprint density at radius 1 is 0.634 bits per heavy atom. The molecule has 1 aromatic carbocycles. The van der Waals surface area contributed by atoms with Crippen molar-refractivity contribution < 1.29 is 81.3 Å². The Kier molecular flexibility index (Phi) is 34.9. The number of alkyl halides is 2. The predicted octanol–water partition coefficient (Wildman–Crippen LogP) is 0.739. The number of nitrogens with one attached hydrogen (secondary N) is 11. The number of amides is 11. The van der Waals surface area contributed by atoms with E-state index in [1.54, 1.807) is 34.7 Å². The summed E-state index contributed by atoms with van der Waals surface area (Å²) < 4.78 is 33.0. The topological polar surface area (TPSA) is 413 Å². The number of aliphatic hydroxyl groups is 2. The van der Waals surface area contributed by atoms with E-state index < -0.39 is 200 Å². The number of carbonyl (C=O) groups excluding carboxylic acids is 12. The lowest BCUT2D eigenvalue weighted by molar-refractivity contribution is -0.156. The van der Waals surface area contributed by atoms with Gasteiger partial charge in [0.05, 0.1) is 19.3 Å². The zero-order valence-electron chi connectivity index (χ0n) is 55.4. The van der Waals surface area contributed by atoms with E-state index in [1.807, 2.05) is 44.2 Å². The lowest BCUT2D eigenvalue weighted by Crippen LogP contribution is -2.63. The van der Waals surface area contributed by atoms with Crippen molar-refractivity contribution in [1.82, 2.24) is 58.5 Å². The van der Waals surface area contributed by atoms with Gasteiger partial charge in [-0.15, -0.1) is 0 Å². The quantitative estimate of drug-likeness (QED) is 0.0318. The molecule has 2 fully saturated rings. The van der Waals surface area contributed by atoms with Crippen molar-refractivity contribution in [3.8, 4) is 0 Å². The number of benzene rings is 1. The maximum atomic E-state index is 14.5. The number of likely N-dealkylation sites (N-methyl/N-ethyl adjacent to an activating group) is 1. The fraction of sp³-hybridized carbons (Fsp3) is 0.719. The van der Waals surface area contributed by atoms with Crippen LogP contribution in [0.25, 0.3) is 0 Å². The van der Waals surface area contributed by atoms with Crippen molar-refractivity contribution in [2.75, 3.05) is 20.3 Å². The average Bonchev–Trinajstić information content (AvgIpc) is 1.64. The van der Waals surface area contributed by atoms with Gasteiger partial charge in [0.15, 0.2) is 0 Å². The van der Waals surface area contributed by atoms with E-state index in [0.717, 1.165) is 50.5 Å². The van der Waals surface area contributed by atoms with Crippen LogP contribution in [0.3, 0.4) is 0 Å². The van der Waals surface area contributed by atoms with Crippen LogP contribution < -0.4 is 64.2 Å². The number of carbonyl (C=O) groups is 12. The molecule has 0 radical (unpaired) electrons. The summed E-state index contributed by atoms with van der Waals surface area (Å²) in [6, 6.07) is -5.42. The van der Waals surface area contributed by atoms with Crippen molar-refractivity contribution in [3.05, 3.63) is 35.9 Å². The van der Waals surface area contributed by atoms with E-state index in [4.69, 9.17) is 10.5 Å². The fourth-order valence-corrected chi connectivity index (χ4v) is 10.8. The molecule has 1 spiro atoms. The third-order valence-electron chi connectivity index (χ3n) is 17.3. The summed E-state index contributed by atoms with van der Waals surface area (Å²) in [6.07, 6.45) is 2.63. The predicted molar refractivity (Wildman–Crippen MR) is 339 cm³/mol. The van der Waals surface area contributed by atoms with Crippen molar-refractivity contribution in [2.24, 2.45) is 23.5 Å². The second-order valence-electron chi connectivity index (χ2n) is 24.7. The van der Waals surface area contributed by atoms with Gasteiger partial charge in [-0.25, -0.2) is 13.6 Å². The number of ether oxygens (including phenoxy) is 1. The zero-order valence-corrected chi connectivity index (χ0v) is 55.4. The summed E-state index contributed by atoms with van der Waals surface area (Å²) in [7, 11) is 1.61. The van der Waals surface area contributed by atoms with Crippen LogP contribution in [0.15, 0.2) is 30.3 Å². The van der Waals surface area contributed by atoms with Crippen LogP contribution in [-0.4, -0.2) is 180 Å². The molecule has 524 valence electrons. The van der Waals surface area contributed by atoms with Crippen molar-refractivity contribution in [3.63, 3.8) is 0 Å². The Bertz CT molecular complexity index is 2650. The Hall–Kier alpha value is -7.40. The molecule has 1 saturated carbocycles. The standard InChI is InChI=1S/C64H104F2N12O15/c1-10-14-16-18-23-27-42(70-56(85)45(68-9)31-40-25-21-20-22-26-40)54(83)72-46(34-79)57(86)71-43(29-30-49(67)81)55(84)75-51(37(6)13-4)60(89)76-50(36(5)12-3)59(88)73-47(35-80)58(87)77-52-39(8)93-62(91)44(28-24-19-17-15-11-2)74-63(92)64(33-41(64)32-48(65)66)78-53(82)38(7)69-61(52)90/h20-22,25-26,36-39,41-48,50-52,68,79-80H,10-19,23-24,27-35H2,1-9H3,(H2,67,81)(H,69,90)(H,70,85)(H,71,86)(H,72,83)(H,73,88)(H,74,92)(H,75,84)(H,76,89)(H,77,87)(H,78,82)/t36-,37-,38-,39-,41+,42-,43+,44-,45+,46-,47-,50-,51+,52+,64+/m0/s1. The molecule has 1 aliphatic carbocycles. The number of halogens is 2. The van der Waals surface area contributed by atoms with E-state index in [-0.39, 0.29) is 32.1 Å². The van der Waals surface area contributed by atoms with Gasteiger partial charge in [0.25, 0.3) is 0 Å². The molecule has 0 aromatic heterocycles. The normalized spacial score (nSPS) is 22.1. The molecule has 93 heavy (non-hydrogen) atoms. The molecule has 15 N–H and O–H groups in total. The van der Waals surface area contributed by atoms with Gasteiger partial charge in [-0.05, 0) is 76.3 Å². The third kappa shape index (κ3) is 25.8. The van der Waals surface area contributed by atoms with Gasteiger partial charge in [-0.1, -0.05) is 149 Å². The first-order valence-corrected chi connectivity index (χ1v) is 32.9. The first-order valence-electron chi connectivity index (χ1n) is 32.9. The van der Waals surface area contributed by atoms with E-state index in [1.165, 1.54) is 13.8 Å². The van der Waals surface area contributed by atoms with E-state index in [9.17, 15) is 76.5 Å². The summed E-state index contributed by atoms with van der Waals surface area (Å²) >= 11 is 0. The molecule has 0 bridgehead atoms. The molecule has 3 rings (SSSR count). The third-order valence-corrected chi connectivity index (χ3v) is 17.3. The molecule has 15 atom stereocenters. The number of rotatable bonds is 40. The molecule has 1 aliphatic heterocycles. The van der Waals surface area contributed by atoms with Crippen molar-refractivity contribution >= 4 is 70.9 Å². The highest BCUT2D eigenvalue weighted by Crippen LogP contribution is 2.47. The maximum absolute atomic E-state index is 14.5. The van der Waals surface area contributed by atoms with Crippen LogP contribution in [0.5, 0.6) is 0 Å². The van der Waals surface area contributed by atoms with Crippen LogP contribution in [0.1, 0.15) is 177 Å². The number of hydrogen-bond donors (Lipinski definition) is 14. The first-order chi connectivity index (χ1) is 44.1. The van der Waals surface area contributed by atoms with Crippen LogP contribution in [0.4, 0.5) is 8.78 Å². The van der Waals surface area contributed by atoms with E-state index in [2.05, 4.69) is 58.5 Å². The summed E-state index contributed by atoms with van der Waals surface area (Å²) in [5.74, 6) is -13.7. The van der Waals surface area contributed by atoms with Crippen LogP contribution in [0, 0.1) is 17.8 Å². The molecule has 27 nitrogen and oxygen atoms in total. The Morgan fingerprint density at radius 2 is 1.13 bits per heavy atom. The van der Waals surface area contributed by atoms with Crippen molar-refractivity contribution in [2.45, 2.75) is 256 Å². The van der Waals surface area contributed by atoms with E-state index in [0.29, 0.717) is 25.7 Å². The lowest BCUT2D eigenvalue weighted by Gasteiger charge is -2.31. The second kappa shape index (κ2) is 40.7. The first kappa shape index (κ1) is 79.8. The lowest BCUT2D eigenvalue weighted by atomic mass is 9.94. The highest BCUT2D eigenvalue weighted by atomic mass is 19.3. The monoisotopic (exact) mass is 1320 g/mol. The number of primary amides is 1. The Balaban J connectivity index is 1.86. The van der Waals surface area contributed by atoms with Gasteiger partial charge in [0.1, 0.15) is 66.0 Å². The second-order valence-corrected chi connectivity index (χ2v) is 24.7. The molecular formula is C64H104F2N12O15. The average molecular weight is 1320 g/mol. The SMILES string of the molecule is CCCCCCC[C@H](NC(=O)[C@@H](Cc1ccccc1)NC)C(=O)N[C@@H](CO)C(=O)N[C@H](CCC(N)=O)C(=O)N[C@@H](C(=O)N[C@H](C(=O)N[C@@H](CO)C(=O)N[C@H]1C(=O)N[C@@H](C)C(=O)N[C@@]2(C[C@H]2CC(F)F)C(=O)N[C@@H](CCCCCCC)C(=O)O[C@H]1C)[C@@H](C)CC)[C@@H](C)CC. The summed E-state index contributed by atoms with van der Waals surface area (Å²) in [6.45, 7) is 11.1. The zero-order chi connectivity index (χ0) is 69.5. The highest BCUT2D eigenvalue weighted by Gasteiger charge is 2.62. The van der Waals surface area contributed by atoms with Crippen molar-refractivity contribution in [1.29, 1.82) is 0 Å². The number of unbranched alkanes of at least 4 members (excludes halogenated alkanes) is 8. The molecule has 1 heterocycles. The number of aliphatic hydroxyl groups excluding tert-OH is 2. The highest BCUT2D eigenvalue weighted by molar-refractivity contribution is 6.01. The minimum absolute atomic E-state index is 0.0322. The molecular weight excluding hydrogens is 1210 g/mol. The van der Waals surface area contributed by atoms with Gasteiger partial charge in [0.2, 0.25) is 71.4 Å². The minimum atomic E-state index is -2.83. The maximum Gasteiger partial charge on any atom is 0.328 e. The summed E-state index contributed by atoms with van der Waals surface area (Å²) in [5.41, 5.74) is 4.51. The van der Waals surface area contributed by atoms with Gasteiger partial charge in [-0.2, -0.15) is 0 Å². The Labute approximate surface area is 544 Å².